The van der Waals surface area contributed by atoms with E-state index in [1.54, 1.807) is 7.05 Å². The van der Waals surface area contributed by atoms with Gasteiger partial charge in [-0.15, -0.1) is 6.42 Å². The Balaban J connectivity index is 2.43. The van der Waals surface area contributed by atoms with Gasteiger partial charge in [-0.1, -0.05) is 5.92 Å². The highest BCUT2D eigenvalue weighted by Gasteiger charge is 2.32. The van der Waals surface area contributed by atoms with Gasteiger partial charge in [0, 0.05) is 13.1 Å². The predicted octanol–water partition coefficient (Wildman–Crippen LogP) is -1.15. The number of amides is 1. The molecule has 0 bridgehead atoms. The van der Waals surface area contributed by atoms with Crippen LogP contribution >= 0.6 is 0 Å². The number of hydrogen-bond acceptors (Lipinski definition) is 4. The fourth-order valence-corrected chi connectivity index (χ4v) is 3.43. The van der Waals surface area contributed by atoms with Gasteiger partial charge in [0.15, 0.2) is 9.84 Å². The number of sulfone groups is 1. The van der Waals surface area contributed by atoms with Crippen LogP contribution in [0.5, 0.6) is 0 Å². The maximum absolute atomic E-state index is 11.6. The molecule has 0 aliphatic carbocycles. The monoisotopic (exact) mass is 244 g/mol. The SMILES string of the molecule is C#CCNCC(=O)N(C)C1CCS(=O)(=O)C1. The van der Waals surface area contributed by atoms with Crippen LogP contribution < -0.4 is 5.32 Å². The molecule has 1 aliphatic heterocycles. The van der Waals surface area contributed by atoms with E-state index in [1.807, 2.05) is 0 Å². The Morgan fingerprint density at radius 2 is 2.31 bits per heavy atom. The zero-order valence-corrected chi connectivity index (χ0v) is 10.1. The first-order valence-electron chi connectivity index (χ1n) is 5.06. The van der Waals surface area contributed by atoms with Gasteiger partial charge in [0.1, 0.15) is 0 Å². The molecular weight excluding hydrogens is 228 g/mol. The van der Waals surface area contributed by atoms with Crippen molar-refractivity contribution in [3.05, 3.63) is 0 Å². The molecule has 1 unspecified atom stereocenters. The van der Waals surface area contributed by atoms with E-state index in [0.717, 1.165) is 0 Å². The van der Waals surface area contributed by atoms with Crippen LogP contribution in [0.1, 0.15) is 6.42 Å². The Morgan fingerprint density at radius 1 is 1.62 bits per heavy atom. The first-order valence-corrected chi connectivity index (χ1v) is 6.88. The van der Waals surface area contributed by atoms with E-state index in [4.69, 9.17) is 6.42 Å². The molecule has 0 aromatic heterocycles. The van der Waals surface area contributed by atoms with Crippen LogP contribution in [-0.4, -0.2) is 56.9 Å². The molecule has 1 saturated heterocycles. The van der Waals surface area contributed by atoms with Crippen molar-refractivity contribution in [3.63, 3.8) is 0 Å². The minimum Gasteiger partial charge on any atom is -0.341 e. The molecule has 1 amide bonds. The third kappa shape index (κ3) is 3.51. The number of terminal acetylenes is 1. The summed E-state index contributed by atoms with van der Waals surface area (Å²) in [6, 6.07) is -0.190. The number of carbonyl (C=O) groups is 1. The highest BCUT2D eigenvalue weighted by atomic mass is 32.2. The predicted molar refractivity (Wildman–Crippen MR) is 61.5 cm³/mol. The second-order valence-corrected chi connectivity index (χ2v) is 6.10. The zero-order valence-electron chi connectivity index (χ0n) is 9.27. The Labute approximate surface area is 96.1 Å². The summed E-state index contributed by atoms with van der Waals surface area (Å²) >= 11 is 0. The van der Waals surface area contributed by atoms with Crippen molar-refractivity contribution in [3.8, 4) is 12.3 Å². The minimum absolute atomic E-state index is 0.0738. The van der Waals surface area contributed by atoms with Crippen LogP contribution in [0.15, 0.2) is 0 Å². The van der Waals surface area contributed by atoms with E-state index >= 15 is 0 Å². The van der Waals surface area contributed by atoms with E-state index in [-0.39, 0.29) is 30.0 Å². The summed E-state index contributed by atoms with van der Waals surface area (Å²) in [6.07, 6.45) is 5.56. The minimum atomic E-state index is -2.95. The van der Waals surface area contributed by atoms with Crippen molar-refractivity contribution in [2.75, 3.05) is 31.6 Å². The lowest BCUT2D eigenvalue weighted by Gasteiger charge is -2.23. The van der Waals surface area contributed by atoms with Crippen molar-refractivity contribution < 1.29 is 13.2 Å². The van der Waals surface area contributed by atoms with Crippen molar-refractivity contribution >= 4 is 15.7 Å². The second kappa shape index (κ2) is 5.32. The number of carbonyl (C=O) groups excluding carboxylic acids is 1. The van der Waals surface area contributed by atoms with Crippen LogP contribution in [0.3, 0.4) is 0 Å². The molecule has 16 heavy (non-hydrogen) atoms. The average molecular weight is 244 g/mol. The summed E-state index contributed by atoms with van der Waals surface area (Å²) in [7, 11) is -1.32. The molecule has 1 fully saturated rings. The van der Waals surface area contributed by atoms with Gasteiger partial charge < -0.3 is 4.90 Å². The molecule has 0 radical (unpaired) electrons. The first-order chi connectivity index (χ1) is 7.46. The molecule has 1 heterocycles. The lowest BCUT2D eigenvalue weighted by Crippen LogP contribution is -2.42. The van der Waals surface area contributed by atoms with Crippen LogP contribution in [-0.2, 0) is 14.6 Å². The Bertz CT molecular complexity index is 397. The highest BCUT2D eigenvalue weighted by Crippen LogP contribution is 2.16. The number of rotatable bonds is 4. The fraction of sp³-hybridized carbons (Fsp3) is 0.700. The Kier molecular flexibility index (Phi) is 4.33. The lowest BCUT2D eigenvalue weighted by atomic mass is 10.2. The Morgan fingerprint density at radius 3 is 2.81 bits per heavy atom. The molecule has 1 atom stereocenters. The van der Waals surface area contributed by atoms with E-state index in [9.17, 15) is 13.2 Å². The van der Waals surface area contributed by atoms with Gasteiger partial charge in [-0.3, -0.25) is 10.1 Å². The molecule has 6 heteroatoms. The highest BCUT2D eigenvalue weighted by molar-refractivity contribution is 7.91. The number of nitrogens with zero attached hydrogens (tertiary/aromatic N) is 1. The molecule has 1 aliphatic rings. The third-order valence-electron chi connectivity index (χ3n) is 2.65. The van der Waals surface area contributed by atoms with Crippen LogP contribution in [0.25, 0.3) is 0 Å². The lowest BCUT2D eigenvalue weighted by molar-refractivity contribution is -0.130. The van der Waals surface area contributed by atoms with E-state index in [2.05, 4.69) is 11.2 Å². The van der Waals surface area contributed by atoms with Gasteiger partial charge in [-0.25, -0.2) is 8.42 Å². The normalized spacial score (nSPS) is 22.6. The molecule has 0 aromatic rings. The molecule has 90 valence electrons. The summed E-state index contributed by atoms with van der Waals surface area (Å²) < 4.78 is 22.5. The molecule has 5 nitrogen and oxygen atoms in total. The molecule has 0 saturated carbocycles. The topological polar surface area (TPSA) is 66.5 Å². The molecule has 0 spiro atoms. The zero-order chi connectivity index (χ0) is 12.2. The second-order valence-electron chi connectivity index (χ2n) is 3.87. The third-order valence-corrected chi connectivity index (χ3v) is 4.40. The van der Waals surface area contributed by atoms with Crippen molar-refractivity contribution in [1.82, 2.24) is 10.2 Å². The summed E-state index contributed by atoms with van der Waals surface area (Å²) in [6.45, 7) is 0.486. The first kappa shape index (κ1) is 13.0. The van der Waals surface area contributed by atoms with E-state index < -0.39 is 9.84 Å². The van der Waals surface area contributed by atoms with Crippen LogP contribution in [0.4, 0.5) is 0 Å². The van der Waals surface area contributed by atoms with Crippen molar-refractivity contribution in [1.29, 1.82) is 0 Å². The summed E-state index contributed by atoms with van der Waals surface area (Å²) in [5.41, 5.74) is 0. The standard InChI is InChI=1S/C10H16N2O3S/c1-3-5-11-7-10(13)12(2)9-4-6-16(14,15)8-9/h1,9,11H,4-8H2,2H3. The van der Waals surface area contributed by atoms with Gasteiger partial charge in [-0.05, 0) is 6.42 Å². The van der Waals surface area contributed by atoms with Crippen molar-refractivity contribution in [2.45, 2.75) is 12.5 Å². The number of hydrogen-bond donors (Lipinski definition) is 1. The molecule has 0 aromatic carbocycles. The van der Waals surface area contributed by atoms with Gasteiger partial charge in [0.25, 0.3) is 0 Å². The molecule has 1 N–H and O–H groups in total. The van der Waals surface area contributed by atoms with E-state index in [0.29, 0.717) is 13.0 Å². The van der Waals surface area contributed by atoms with Gasteiger partial charge in [0.05, 0.1) is 24.6 Å². The molecule has 1 rings (SSSR count). The number of nitrogens with one attached hydrogen (secondary N) is 1. The van der Waals surface area contributed by atoms with Gasteiger partial charge in [-0.2, -0.15) is 0 Å². The van der Waals surface area contributed by atoms with Gasteiger partial charge in [0.2, 0.25) is 5.91 Å². The van der Waals surface area contributed by atoms with Crippen LogP contribution in [0.2, 0.25) is 0 Å². The van der Waals surface area contributed by atoms with Crippen molar-refractivity contribution in [2.24, 2.45) is 0 Å². The Hall–Kier alpha value is -1.06. The quantitative estimate of drug-likeness (QED) is 0.501. The largest absolute Gasteiger partial charge is 0.341 e. The molecular formula is C10H16N2O3S. The van der Waals surface area contributed by atoms with E-state index in [1.165, 1.54) is 4.90 Å². The van der Waals surface area contributed by atoms with Gasteiger partial charge >= 0.3 is 0 Å². The maximum atomic E-state index is 11.6. The smallest absolute Gasteiger partial charge is 0.236 e. The summed E-state index contributed by atoms with van der Waals surface area (Å²) in [5.74, 6) is 2.49. The number of likely N-dealkylation sites (N-methyl/N-ethyl adjacent to an activating group) is 1. The maximum Gasteiger partial charge on any atom is 0.236 e. The average Bonchev–Trinajstić information content (AvgIpc) is 2.58. The van der Waals surface area contributed by atoms with Crippen LogP contribution in [0, 0.1) is 12.3 Å². The fourth-order valence-electron chi connectivity index (χ4n) is 1.65. The summed E-state index contributed by atoms with van der Waals surface area (Å²) in [4.78, 5) is 13.1. The summed E-state index contributed by atoms with van der Waals surface area (Å²) in [5, 5.41) is 2.78.